The van der Waals surface area contributed by atoms with Crippen LogP contribution in [-0.4, -0.2) is 100 Å². The summed E-state index contributed by atoms with van der Waals surface area (Å²) < 4.78 is 16.8. The van der Waals surface area contributed by atoms with Crippen molar-refractivity contribution >= 4 is 11.9 Å². The van der Waals surface area contributed by atoms with Gasteiger partial charge in [0.05, 0.1) is 32.0 Å². The van der Waals surface area contributed by atoms with Gasteiger partial charge in [-0.1, -0.05) is 385 Å². The lowest BCUT2D eigenvalue weighted by molar-refractivity contribution is -0.302. The number of carbonyl (C=O) groups excluding carboxylic acids is 2. The van der Waals surface area contributed by atoms with E-state index >= 15 is 0 Å². The van der Waals surface area contributed by atoms with E-state index in [2.05, 4.69) is 31.3 Å². The molecule has 0 aromatic heterocycles. The number of amides is 1. The summed E-state index contributed by atoms with van der Waals surface area (Å²) in [7, 11) is 0. The Labute approximate surface area is 581 Å². The standard InChI is InChI=1S/C83H159NO10/c1-3-5-7-9-11-13-15-16-17-41-45-48-51-55-59-63-67-71-79(88)92-72-68-64-60-56-52-49-46-43-40-38-36-34-32-30-28-26-24-22-20-18-19-21-23-25-27-29-31-33-35-37-39-42-44-47-50-54-58-62-66-70-78(87)84-75(74-93-83-82(91)81(90)80(89)77(73-85)94-83)76(86)69-65-61-57-53-14-12-10-8-6-4-2/h16-17,65,69,75-77,80-83,85-86,89-91H,3-15,18-64,66-68,70-74H2,1-2H3,(H,84,87)/b17-16-,69-65+. The van der Waals surface area contributed by atoms with E-state index in [1.807, 2.05) is 6.08 Å². The number of hydrogen-bond acceptors (Lipinski definition) is 10. The molecule has 11 heteroatoms. The second-order valence-electron chi connectivity index (χ2n) is 29.2. The quantitative estimate of drug-likeness (QED) is 0.0195. The summed E-state index contributed by atoms with van der Waals surface area (Å²) in [5, 5.41) is 54.4. The molecule has 1 rings (SSSR count). The number of carbonyl (C=O) groups is 2. The number of hydrogen-bond donors (Lipinski definition) is 6. The summed E-state index contributed by atoms with van der Waals surface area (Å²) in [5.74, 6) is -0.159. The number of aliphatic hydroxyl groups excluding tert-OH is 5. The third kappa shape index (κ3) is 60.1. The fraction of sp³-hybridized carbons (Fsp3) is 0.928. The van der Waals surface area contributed by atoms with Crippen LogP contribution in [-0.2, 0) is 23.8 Å². The SMILES string of the molecule is CCCCCCCC/C=C\CCCCCCCCCC(=O)OCCCCCCCCCCCCCCCCCCCCCCCCCCCCCCCCCCCCCCCCCC(=O)NC(COC1OC(CO)C(O)C(O)C1O)C(O)/C=C/CCCCCCCCCC. The van der Waals surface area contributed by atoms with Gasteiger partial charge in [0.2, 0.25) is 5.91 Å². The van der Waals surface area contributed by atoms with Crippen LogP contribution in [0.3, 0.4) is 0 Å². The highest BCUT2D eigenvalue weighted by Gasteiger charge is 2.44. The molecule has 1 aliphatic rings. The van der Waals surface area contributed by atoms with E-state index in [1.165, 1.54) is 347 Å². The van der Waals surface area contributed by atoms with Crippen LogP contribution in [0.2, 0.25) is 0 Å². The number of rotatable bonds is 75. The average Bonchev–Trinajstić information content (AvgIpc) is 0.854. The summed E-state index contributed by atoms with van der Waals surface area (Å²) in [6.07, 6.45) is 83.9. The Morgan fingerprint density at radius 1 is 0.383 bits per heavy atom. The van der Waals surface area contributed by atoms with Crippen molar-refractivity contribution in [2.75, 3.05) is 19.8 Å². The van der Waals surface area contributed by atoms with E-state index in [0.717, 1.165) is 57.8 Å². The minimum absolute atomic E-state index is 0.0159. The third-order valence-electron chi connectivity index (χ3n) is 20.1. The monoisotopic (exact) mass is 1330 g/mol. The number of aliphatic hydroxyl groups is 5. The molecule has 0 bridgehead atoms. The Morgan fingerprint density at radius 3 is 1.02 bits per heavy atom. The highest BCUT2D eigenvalue weighted by atomic mass is 16.7. The minimum atomic E-state index is -1.57. The fourth-order valence-corrected chi connectivity index (χ4v) is 13.6. The Morgan fingerprint density at radius 2 is 0.681 bits per heavy atom. The maximum Gasteiger partial charge on any atom is 0.305 e. The number of esters is 1. The van der Waals surface area contributed by atoms with Crippen molar-refractivity contribution in [3.8, 4) is 0 Å². The molecule has 556 valence electrons. The van der Waals surface area contributed by atoms with E-state index in [-0.39, 0.29) is 18.5 Å². The average molecular weight is 1330 g/mol. The lowest BCUT2D eigenvalue weighted by Crippen LogP contribution is -2.60. The molecule has 1 fully saturated rings. The van der Waals surface area contributed by atoms with Crippen LogP contribution in [0.4, 0.5) is 0 Å². The molecule has 0 radical (unpaired) electrons. The molecular weight excluding hydrogens is 1170 g/mol. The first-order chi connectivity index (χ1) is 46.2. The first kappa shape index (κ1) is 90.2. The highest BCUT2D eigenvalue weighted by Crippen LogP contribution is 2.24. The van der Waals surface area contributed by atoms with Gasteiger partial charge in [-0.25, -0.2) is 0 Å². The zero-order chi connectivity index (χ0) is 67.9. The first-order valence-electron chi connectivity index (χ1n) is 41.6. The summed E-state index contributed by atoms with van der Waals surface area (Å²) in [6.45, 7) is 4.38. The molecule has 0 aromatic rings. The Hall–Kier alpha value is -1.86. The smallest absolute Gasteiger partial charge is 0.305 e. The van der Waals surface area contributed by atoms with Crippen LogP contribution in [0, 0.1) is 0 Å². The molecule has 0 saturated carbocycles. The van der Waals surface area contributed by atoms with E-state index in [4.69, 9.17) is 14.2 Å². The van der Waals surface area contributed by atoms with Gasteiger partial charge in [0, 0.05) is 12.8 Å². The van der Waals surface area contributed by atoms with Gasteiger partial charge in [0.25, 0.3) is 0 Å². The summed E-state index contributed by atoms with van der Waals surface area (Å²) in [4.78, 5) is 25.2. The van der Waals surface area contributed by atoms with Gasteiger partial charge in [0.1, 0.15) is 24.4 Å². The van der Waals surface area contributed by atoms with Gasteiger partial charge in [-0.05, 0) is 57.8 Å². The van der Waals surface area contributed by atoms with Crippen LogP contribution >= 0.6 is 0 Å². The van der Waals surface area contributed by atoms with Gasteiger partial charge in [0.15, 0.2) is 6.29 Å². The van der Waals surface area contributed by atoms with Gasteiger partial charge in [-0.3, -0.25) is 9.59 Å². The maximum absolute atomic E-state index is 13.1. The van der Waals surface area contributed by atoms with Crippen molar-refractivity contribution in [2.24, 2.45) is 0 Å². The summed E-state index contributed by atoms with van der Waals surface area (Å²) in [5.41, 5.74) is 0. The topological polar surface area (TPSA) is 175 Å². The zero-order valence-corrected chi connectivity index (χ0v) is 62.2. The van der Waals surface area contributed by atoms with E-state index in [0.29, 0.717) is 19.4 Å². The van der Waals surface area contributed by atoms with Crippen LogP contribution < -0.4 is 5.32 Å². The molecule has 1 amide bonds. The molecule has 6 N–H and O–H groups in total. The predicted octanol–water partition coefficient (Wildman–Crippen LogP) is 22.7. The van der Waals surface area contributed by atoms with Crippen molar-refractivity contribution < 1.29 is 49.3 Å². The maximum atomic E-state index is 13.1. The number of nitrogens with one attached hydrogen (secondary N) is 1. The number of allylic oxidation sites excluding steroid dienone is 3. The van der Waals surface area contributed by atoms with Crippen LogP contribution in [0.5, 0.6) is 0 Å². The molecule has 7 unspecified atom stereocenters. The van der Waals surface area contributed by atoms with Crippen molar-refractivity contribution in [1.82, 2.24) is 5.32 Å². The van der Waals surface area contributed by atoms with Gasteiger partial charge >= 0.3 is 5.97 Å². The highest BCUT2D eigenvalue weighted by molar-refractivity contribution is 5.76. The molecule has 7 atom stereocenters. The lowest BCUT2D eigenvalue weighted by Gasteiger charge is -2.40. The van der Waals surface area contributed by atoms with E-state index in [9.17, 15) is 35.1 Å². The Balaban J connectivity index is 1.83. The van der Waals surface area contributed by atoms with Gasteiger partial charge < -0.3 is 45.1 Å². The number of unbranched alkanes of at least 4 members (excludes halogenated alkanes) is 59. The van der Waals surface area contributed by atoms with Crippen molar-refractivity contribution in [3.63, 3.8) is 0 Å². The molecular formula is C83H159NO10. The van der Waals surface area contributed by atoms with Gasteiger partial charge in [-0.15, -0.1) is 0 Å². The summed E-state index contributed by atoms with van der Waals surface area (Å²) in [6, 6.07) is -0.804. The summed E-state index contributed by atoms with van der Waals surface area (Å²) >= 11 is 0. The van der Waals surface area contributed by atoms with Crippen LogP contribution in [0.1, 0.15) is 431 Å². The van der Waals surface area contributed by atoms with E-state index < -0.39 is 49.5 Å². The molecule has 1 saturated heterocycles. The van der Waals surface area contributed by atoms with Crippen molar-refractivity contribution in [1.29, 1.82) is 0 Å². The number of ether oxygens (including phenoxy) is 3. The second-order valence-corrected chi connectivity index (χ2v) is 29.2. The van der Waals surface area contributed by atoms with Crippen molar-refractivity contribution in [3.05, 3.63) is 24.3 Å². The molecule has 0 aliphatic carbocycles. The molecule has 0 aromatic carbocycles. The fourth-order valence-electron chi connectivity index (χ4n) is 13.6. The predicted molar refractivity (Wildman–Crippen MR) is 398 cm³/mol. The minimum Gasteiger partial charge on any atom is -0.466 e. The molecule has 1 aliphatic heterocycles. The largest absolute Gasteiger partial charge is 0.466 e. The van der Waals surface area contributed by atoms with Crippen molar-refractivity contribution in [2.45, 2.75) is 474 Å². The van der Waals surface area contributed by atoms with Crippen LogP contribution in [0.25, 0.3) is 0 Å². The first-order valence-corrected chi connectivity index (χ1v) is 41.6. The van der Waals surface area contributed by atoms with E-state index in [1.54, 1.807) is 6.08 Å². The molecule has 11 nitrogen and oxygen atoms in total. The molecule has 0 spiro atoms. The normalized spacial score (nSPS) is 17.5. The lowest BCUT2D eigenvalue weighted by atomic mass is 9.99. The zero-order valence-electron chi connectivity index (χ0n) is 62.2. The molecule has 94 heavy (non-hydrogen) atoms. The Bertz CT molecular complexity index is 1610. The Kier molecular flexibility index (Phi) is 69.4. The molecule has 1 heterocycles. The van der Waals surface area contributed by atoms with Crippen LogP contribution in [0.15, 0.2) is 24.3 Å². The third-order valence-corrected chi connectivity index (χ3v) is 20.1. The second kappa shape index (κ2) is 72.4. The van der Waals surface area contributed by atoms with Gasteiger partial charge in [-0.2, -0.15) is 0 Å².